The minimum Gasteiger partial charge on any atom is -0.466 e. The van der Waals surface area contributed by atoms with Gasteiger partial charge in [0.15, 0.2) is 0 Å². The van der Waals surface area contributed by atoms with Crippen LogP contribution in [0.1, 0.15) is 5.56 Å². The molecule has 0 spiro atoms. The van der Waals surface area contributed by atoms with E-state index in [4.69, 9.17) is 4.74 Å². The van der Waals surface area contributed by atoms with Gasteiger partial charge in [-0.25, -0.2) is 0 Å². The zero-order chi connectivity index (χ0) is 12.9. The van der Waals surface area contributed by atoms with Gasteiger partial charge in [0.25, 0.3) is 0 Å². The number of carbonyl (C=O) groups is 1. The van der Waals surface area contributed by atoms with E-state index in [9.17, 15) is 4.79 Å². The van der Waals surface area contributed by atoms with Crippen LogP contribution in [0, 0.1) is 0 Å². The van der Waals surface area contributed by atoms with Gasteiger partial charge in [-0.2, -0.15) is 0 Å². The van der Waals surface area contributed by atoms with Gasteiger partial charge in [0.1, 0.15) is 0 Å². The van der Waals surface area contributed by atoms with Gasteiger partial charge in [0.2, 0.25) is 0 Å². The van der Waals surface area contributed by atoms with Crippen LogP contribution in [0.5, 0.6) is 0 Å². The van der Waals surface area contributed by atoms with E-state index in [1.54, 1.807) is 0 Å². The third kappa shape index (κ3) is 6.63. The van der Waals surface area contributed by atoms with Crippen molar-refractivity contribution in [2.45, 2.75) is 32.1 Å². The predicted octanol–water partition coefficient (Wildman–Crippen LogP) is 3.87. The Hall–Kier alpha value is -0.613. The van der Waals surface area contributed by atoms with Gasteiger partial charge in [0.05, 0.1) is 13.0 Å². The van der Waals surface area contributed by atoms with Gasteiger partial charge in [0, 0.05) is 12.5 Å². The SMILES string of the molecule is C[Si](C)(C)CCOC(=O)Cc1ccc(Br)cc1. The molecule has 0 aliphatic rings. The van der Waals surface area contributed by atoms with Crippen LogP contribution >= 0.6 is 15.9 Å². The Morgan fingerprint density at radius 1 is 1.24 bits per heavy atom. The standard InChI is InChI=1S/C13H19BrO2Si/c1-17(2,3)9-8-16-13(15)10-11-4-6-12(14)7-5-11/h4-7H,8-10H2,1-3H3. The van der Waals surface area contributed by atoms with Crippen LogP contribution < -0.4 is 0 Å². The summed E-state index contributed by atoms with van der Waals surface area (Å²) >= 11 is 3.36. The molecule has 0 saturated carbocycles. The Morgan fingerprint density at radius 2 is 1.82 bits per heavy atom. The lowest BCUT2D eigenvalue weighted by molar-refractivity contribution is -0.142. The molecule has 0 radical (unpaired) electrons. The maximum atomic E-state index is 11.6. The maximum Gasteiger partial charge on any atom is 0.310 e. The predicted molar refractivity (Wildman–Crippen MR) is 77.0 cm³/mol. The molecule has 0 heterocycles. The monoisotopic (exact) mass is 314 g/mol. The fourth-order valence-electron chi connectivity index (χ4n) is 1.29. The lowest BCUT2D eigenvalue weighted by Crippen LogP contribution is -2.23. The molecule has 4 heteroatoms. The topological polar surface area (TPSA) is 26.3 Å². The zero-order valence-corrected chi connectivity index (χ0v) is 13.2. The highest BCUT2D eigenvalue weighted by Crippen LogP contribution is 2.12. The van der Waals surface area contributed by atoms with E-state index in [-0.39, 0.29) is 5.97 Å². The Labute approximate surface area is 113 Å². The molecule has 0 fully saturated rings. The molecule has 0 aromatic heterocycles. The molecule has 0 aliphatic carbocycles. The second-order valence-corrected chi connectivity index (χ2v) is 11.9. The molecule has 1 aromatic rings. The van der Waals surface area contributed by atoms with E-state index >= 15 is 0 Å². The van der Waals surface area contributed by atoms with Crippen LogP contribution in [0.3, 0.4) is 0 Å². The lowest BCUT2D eigenvalue weighted by atomic mass is 10.2. The van der Waals surface area contributed by atoms with Crippen molar-refractivity contribution in [3.63, 3.8) is 0 Å². The summed E-state index contributed by atoms with van der Waals surface area (Å²) in [5, 5.41) is 0. The smallest absolute Gasteiger partial charge is 0.310 e. The molecule has 1 aromatic carbocycles. The molecule has 1 rings (SSSR count). The summed E-state index contributed by atoms with van der Waals surface area (Å²) in [5.74, 6) is -0.134. The molecule has 94 valence electrons. The van der Waals surface area contributed by atoms with E-state index < -0.39 is 8.07 Å². The molecule has 0 saturated heterocycles. The number of rotatable bonds is 5. The number of esters is 1. The summed E-state index contributed by atoms with van der Waals surface area (Å²) in [6.07, 6.45) is 0.360. The number of carbonyl (C=O) groups excluding carboxylic acids is 1. The Morgan fingerprint density at radius 3 is 2.35 bits per heavy atom. The highest BCUT2D eigenvalue weighted by Gasteiger charge is 2.13. The minimum atomic E-state index is -1.11. The third-order valence-electron chi connectivity index (χ3n) is 2.38. The average molecular weight is 315 g/mol. The Balaban J connectivity index is 2.32. The van der Waals surface area contributed by atoms with Gasteiger partial charge in [-0.1, -0.05) is 47.7 Å². The highest BCUT2D eigenvalue weighted by molar-refractivity contribution is 9.10. The zero-order valence-electron chi connectivity index (χ0n) is 10.6. The molecule has 0 atom stereocenters. The molecule has 0 bridgehead atoms. The van der Waals surface area contributed by atoms with Crippen LogP contribution in [0.25, 0.3) is 0 Å². The van der Waals surface area contributed by atoms with Crippen molar-refractivity contribution in [1.29, 1.82) is 0 Å². The second kappa shape index (κ2) is 6.35. The summed E-state index contributed by atoms with van der Waals surface area (Å²) in [6, 6.07) is 8.77. The molecule has 0 amide bonds. The van der Waals surface area contributed by atoms with E-state index in [1.165, 1.54) is 0 Å². The van der Waals surface area contributed by atoms with Gasteiger partial charge in [-0.3, -0.25) is 4.79 Å². The van der Waals surface area contributed by atoms with E-state index in [2.05, 4.69) is 35.6 Å². The van der Waals surface area contributed by atoms with E-state index in [0.717, 1.165) is 16.1 Å². The van der Waals surface area contributed by atoms with Gasteiger partial charge >= 0.3 is 5.97 Å². The number of hydrogen-bond donors (Lipinski definition) is 0. The van der Waals surface area contributed by atoms with Crippen LogP contribution in [-0.2, 0) is 16.0 Å². The van der Waals surface area contributed by atoms with E-state index in [0.29, 0.717) is 13.0 Å². The van der Waals surface area contributed by atoms with Crippen molar-refractivity contribution in [3.05, 3.63) is 34.3 Å². The summed E-state index contributed by atoms with van der Waals surface area (Å²) < 4.78 is 6.26. The Bertz CT molecular complexity index is 368. The maximum absolute atomic E-state index is 11.6. The van der Waals surface area contributed by atoms with Crippen LogP contribution in [0.2, 0.25) is 25.7 Å². The molecule has 0 aliphatic heterocycles. The van der Waals surface area contributed by atoms with Crippen molar-refractivity contribution in [2.24, 2.45) is 0 Å². The number of hydrogen-bond acceptors (Lipinski definition) is 2. The molecule has 2 nitrogen and oxygen atoms in total. The van der Waals surface area contributed by atoms with Crippen molar-refractivity contribution in [3.8, 4) is 0 Å². The normalized spacial score (nSPS) is 11.3. The van der Waals surface area contributed by atoms with Gasteiger partial charge in [-0.05, 0) is 23.7 Å². The molecule has 17 heavy (non-hydrogen) atoms. The molecular formula is C13H19BrO2Si. The summed E-state index contributed by atoms with van der Waals surface area (Å²) in [6.45, 7) is 7.38. The first-order chi connectivity index (χ1) is 7.87. The second-order valence-electron chi connectivity index (χ2n) is 5.33. The first-order valence-electron chi connectivity index (χ1n) is 5.77. The summed E-state index contributed by atoms with van der Waals surface area (Å²) in [4.78, 5) is 11.6. The first-order valence-corrected chi connectivity index (χ1v) is 10.3. The largest absolute Gasteiger partial charge is 0.466 e. The number of ether oxygens (including phenoxy) is 1. The fourth-order valence-corrected chi connectivity index (χ4v) is 2.27. The van der Waals surface area contributed by atoms with Gasteiger partial charge < -0.3 is 4.74 Å². The number of benzene rings is 1. The molecular weight excluding hydrogens is 296 g/mol. The van der Waals surface area contributed by atoms with Crippen molar-refractivity contribution in [1.82, 2.24) is 0 Å². The van der Waals surface area contributed by atoms with Crippen LogP contribution in [-0.4, -0.2) is 20.7 Å². The molecule has 0 unspecified atom stereocenters. The quantitative estimate of drug-likeness (QED) is 0.609. The first kappa shape index (κ1) is 14.4. The van der Waals surface area contributed by atoms with Crippen LogP contribution in [0.4, 0.5) is 0 Å². The minimum absolute atomic E-state index is 0.134. The fraction of sp³-hybridized carbons (Fsp3) is 0.462. The third-order valence-corrected chi connectivity index (χ3v) is 4.61. The van der Waals surface area contributed by atoms with Gasteiger partial charge in [-0.15, -0.1) is 0 Å². The van der Waals surface area contributed by atoms with Crippen molar-refractivity contribution >= 4 is 30.0 Å². The summed E-state index contributed by atoms with van der Waals surface area (Å²) in [7, 11) is -1.11. The lowest BCUT2D eigenvalue weighted by Gasteiger charge is -2.15. The number of halogens is 1. The van der Waals surface area contributed by atoms with Crippen LogP contribution in [0.15, 0.2) is 28.7 Å². The van der Waals surface area contributed by atoms with E-state index in [1.807, 2.05) is 24.3 Å². The Kier molecular flexibility index (Phi) is 5.40. The molecule has 0 N–H and O–H groups in total. The highest BCUT2D eigenvalue weighted by atomic mass is 79.9. The summed E-state index contributed by atoms with van der Waals surface area (Å²) in [5.41, 5.74) is 0.992. The average Bonchev–Trinajstić information content (AvgIpc) is 2.19. The van der Waals surface area contributed by atoms with Crippen molar-refractivity contribution < 1.29 is 9.53 Å². The van der Waals surface area contributed by atoms with Crippen molar-refractivity contribution in [2.75, 3.05) is 6.61 Å².